The van der Waals surface area contributed by atoms with Crippen molar-refractivity contribution in [1.29, 1.82) is 5.41 Å². The monoisotopic (exact) mass is 638 g/mol. The van der Waals surface area contributed by atoms with Gasteiger partial charge < -0.3 is 36.4 Å². The van der Waals surface area contributed by atoms with Crippen molar-refractivity contribution in [1.82, 2.24) is 25.2 Å². The predicted octanol–water partition coefficient (Wildman–Crippen LogP) is -0.918. The van der Waals surface area contributed by atoms with Gasteiger partial charge in [0.05, 0.1) is 6.04 Å². The van der Waals surface area contributed by atoms with Crippen LogP contribution in [0.1, 0.15) is 29.5 Å². The molecule has 2 aromatic rings. The summed E-state index contributed by atoms with van der Waals surface area (Å²) in [4.78, 5) is 46.9. The first-order valence-electron chi connectivity index (χ1n) is 12.9. The topological polar surface area (TPSA) is 259 Å². The maximum absolute atomic E-state index is 13.1. The number of aliphatic carboxylic acids is 1. The first kappa shape index (κ1) is 31.6. The number of carboxylic acids is 1. The third kappa shape index (κ3) is 7.37. The normalized spacial score (nSPS) is 21.1. The Balaban J connectivity index is 1.44. The molecule has 0 bridgehead atoms. The molecule has 3 heterocycles. The molecule has 19 heteroatoms. The SMILES string of the molecule is Cc1sc(N)nc1/C(=N/O[C@@H](COc1ccc(C(=N)N[C@@H]2CCNC2)cc1)C(=O)O)C(=O)N[C@@H]1C(=O)N(S(=O)(=O)O)[C@H]1C. The van der Waals surface area contributed by atoms with Crippen LogP contribution in [-0.4, -0.2) is 101 Å². The van der Waals surface area contributed by atoms with Crippen LogP contribution in [0.25, 0.3) is 0 Å². The van der Waals surface area contributed by atoms with Crippen molar-refractivity contribution in [2.75, 3.05) is 25.4 Å². The molecule has 2 aliphatic rings. The van der Waals surface area contributed by atoms with Crippen LogP contribution in [0, 0.1) is 12.3 Å². The molecule has 4 atom stereocenters. The Morgan fingerprint density at radius 3 is 2.56 bits per heavy atom. The van der Waals surface area contributed by atoms with E-state index < -0.39 is 58.6 Å². The maximum atomic E-state index is 13.1. The minimum absolute atomic E-state index is 0.0452. The van der Waals surface area contributed by atoms with Crippen LogP contribution in [0.4, 0.5) is 5.13 Å². The molecule has 2 amide bonds. The van der Waals surface area contributed by atoms with Gasteiger partial charge in [-0.1, -0.05) is 5.16 Å². The summed E-state index contributed by atoms with van der Waals surface area (Å²) in [5.74, 6) is -3.04. The molecule has 232 valence electrons. The lowest BCUT2D eigenvalue weighted by atomic mass is 10.0. The third-order valence-electron chi connectivity index (χ3n) is 6.62. The number of nitrogens with two attached hydrogens (primary N) is 1. The highest BCUT2D eigenvalue weighted by molar-refractivity contribution is 7.84. The average molecular weight is 639 g/mol. The number of rotatable bonds is 12. The second-order valence-corrected chi connectivity index (χ2v) is 12.2. The minimum Gasteiger partial charge on any atom is -0.489 e. The van der Waals surface area contributed by atoms with Crippen molar-refractivity contribution in [2.45, 2.75) is 44.5 Å². The van der Waals surface area contributed by atoms with Gasteiger partial charge in [0.1, 0.15) is 29.9 Å². The van der Waals surface area contributed by atoms with E-state index in [4.69, 9.17) is 20.7 Å². The number of nitrogen functional groups attached to an aromatic ring is 1. The summed E-state index contributed by atoms with van der Waals surface area (Å²) in [6.45, 7) is 4.00. The highest BCUT2D eigenvalue weighted by Gasteiger charge is 2.51. The van der Waals surface area contributed by atoms with Crippen molar-refractivity contribution in [3.05, 3.63) is 40.4 Å². The lowest BCUT2D eigenvalue weighted by molar-refractivity contribution is -0.152. The number of aryl methyl sites for hydroxylation is 1. The van der Waals surface area contributed by atoms with Gasteiger partial charge in [0, 0.05) is 23.0 Å². The lowest BCUT2D eigenvalue weighted by Gasteiger charge is -2.42. The molecule has 0 aliphatic carbocycles. The van der Waals surface area contributed by atoms with E-state index in [0.29, 0.717) is 16.2 Å². The number of anilines is 1. The van der Waals surface area contributed by atoms with Gasteiger partial charge in [-0.2, -0.15) is 8.42 Å². The molecular weight excluding hydrogens is 608 g/mol. The summed E-state index contributed by atoms with van der Waals surface area (Å²) < 4.78 is 37.7. The summed E-state index contributed by atoms with van der Waals surface area (Å²) >= 11 is 1.02. The van der Waals surface area contributed by atoms with E-state index in [1.54, 1.807) is 31.2 Å². The average Bonchev–Trinajstić information content (AvgIpc) is 3.57. The minimum atomic E-state index is -4.83. The lowest BCUT2D eigenvalue weighted by Crippen LogP contribution is -2.71. The molecule has 8 N–H and O–H groups in total. The second kappa shape index (κ2) is 12.9. The molecule has 43 heavy (non-hydrogen) atoms. The fourth-order valence-electron chi connectivity index (χ4n) is 4.36. The molecule has 17 nitrogen and oxygen atoms in total. The quantitative estimate of drug-likeness (QED) is 0.0488. The molecule has 0 saturated carbocycles. The highest BCUT2D eigenvalue weighted by atomic mass is 32.2. The molecular formula is C24H30N8O9S2. The van der Waals surface area contributed by atoms with E-state index in [1.807, 2.05) is 0 Å². The van der Waals surface area contributed by atoms with Gasteiger partial charge in [-0.25, -0.2) is 14.1 Å². The number of thiazole rings is 1. The number of nitrogens with one attached hydrogen (secondary N) is 4. The fourth-order valence-corrected chi connectivity index (χ4v) is 5.93. The molecule has 1 aromatic carbocycles. The Hall–Kier alpha value is -4.33. The first-order chi connectivity index (χ1) is 20.3. The maximum Gasteiger partial charge on any atom is 0.362 e. The Bertz CT molecular complexity index is 1540. The van der Waals surface area contributed by atoms with Crippen LogP contribution in [0.5, 0.6) is 5.75 Å². The zero-order valence-corrected chi connectivity index (χ0v) is 24.6. The number of amides is 2. The first-order valence-corrected chi connectivity index (χ1v) is 15.1. The zero-order chi connectivity index (χ0) is 31.5. The number of hydrogen-bond donors (Lipinski definition) is 7. The molecule has 2 saturated heterocycles. The number of oxime groups is 1. The Morgan fingerprint density at radius 1 is 1.33 bits per heavy atom. The number of nitrogens with zero attached hydrogens (tertiary/aromatic N) is 3. The third-order valence-corrected chi connectivity index (χ3v) is 8.43. The summed E-state index contributed by atoms with van der Waals surface area (Å²) in [7, 11) is -4.83. The van der Waals surface area contributed by atoms with Gasteiger partial charge in [-0.3, -0.25) is 19.6 Å². The van der Waals surface area contributed by atoms with E-state index in [1.165, 1.54) is 6.92 Å². The number of carboxylic acid groups (broad SMARTS) is 1. The van der Waals surface area contributed by atoms with Crippen molar-refractivity contribution >= 4 is 56.1 Å². The van der Waals surface area contributed by atoms with Crippen LogP contribution in [-0.2, 0) is 29.5 Å². The van der Waals surface area contributed by atoms with Crippen molar-refractivity contribution in [2.24, 2.45) is 5.16 Å². The molecule has 0 unspecified atom stereocenters. The van der Waals surface area contributed by atoms with Crippen molar-refractivity contribution < 1.29 is 42.0 Å². The number of hydrogen-bond acceptors (Lipinski definition) is 13. The summed E-state index contributed by atoms with van der Waals surface area (Å²) in [5, 5.41) is 30.3. The van der Waals surface area contributed by atoms with Gasteiger partial charge in [0.15, 0.2) is 10.8 Å². The van der Waals surface area contributed by atoms with Crippen LogP contribution in [0.15, 0.2) is 29.4 Å². The number of β-lactam (4-membered cyclic amide) rings is 1. The number of carbonyl (C=O) groups excluding carboxylic acids is 2. The predicted molar refractivity (Wildman–Crippen MR) is 153 cm³/mol. The van der Waals surface area contributed by atoms with Crippen LogP contribution in [0.2, 0.25) is 0 Å². The smallest absolute Gasteiger partial charge is 0.362 e. The molecule has 0 radical (unpaired) electrons. The van der Waals surface area contributed by atoms with Crippen molar-refractivity contribution in [3.8, 4) is 5.75 Å². The standard InChI is InChI=1S/C24H30N8O9S2/c1-11-17(22(34)32(11)43(37,38)39)29-21(33)19(18-12(2)42-24(26)30-18)31-41-16(23(35)36)10-40-15-5-3-13(4-6-15)20(25)28-14-7-8-27-9-14/h3-6,11,14,16-17,27H,7-10H2,1-2H3,(H2,25,28)(H2,26,30)(H,29,33)(H,35,36)(H,37,38,39)/b31-19-/t11-,14+,16-,17-/m0/s1. The molecule has 0 spiro atoms. The van der Waals surface area contributed by atoms with Gasteiger partial charge >= 0.3 is 16.3 Å². The highest BCUT2D eigenvalue weighted by Crippen LogP contribution is 2.24. The van der Waals surface area contributed by atoms with Gasteiger partial charge in [0.25, 0.3) is 17.9 Å². The number of aromatic nitrogens is 1. The molecule has 4 rings (SSSR count). The van der Waals surface area contributed by atoms with Gasteiger partial charge in [-0.05, 0) is 51.1 Å². The molecule has 2 fully saturated rings. The number of carbonyl (C=O) groups is 3. The van der Waals surface area contributed by atoms with E-state index in [0.717, 1.165) is 30.8 Å². The number of amidine groups is 1. The summed E-state index contributed by atoms with van der Waals surface area (Å²) in [5.41, 5.74) is 5.79. The van der Waals surface area contributed by atoms with Crippen molar-refractivity contribution in [3.63, 3.8) is 0 Å². The molecule has 1 aromatic heterocycles. The van der Waals surface area contributed by atoms with Crippen LogP contribution < -0.4 is 26.4 Å². The van der Waals surface area contributed by atoms with E-state index in [2.05, 4.69) is 26.1 Å². The Morgan fingerprint density at radius 2 is 2.02 bits per heavy atom. The van der Waals surface area contributed by atoms with Gasteiger partial charge in [-0.15, -0.1) is 11.3 Å². The second-order valence-electron chi connectivity index (χ2n) is 9.68. The summed E-state index contributed by atoms with van der Waals surface area (Å²) in [6, 6.07) is 4.14. The summed E-state index contributed by atoms with van der Waals surface area (Å²) in [6.07, 6.45) is -0.779. The van der Waals surface area contributed by atoms with E-state index in [-0.39, 0.29) is 27.0 Å². The van der Waals surface area contributed by atoms with Crippen LogP contribution in [0.3, 0.4) is 0 Å². The molecule has 2 aliphatic heterocycles. The van der Waals surface area contributed by atoms with E-state index >= 15 is 0 Å². The Labute approximate surface area is 249 Å². The zero-order valence-electron chi connectivity index (χ0n) is 22.9. The number of benzene rings is 1. The van der Waals surface area contributed by atoms with Gasteiger partial charge in [0.2, 0.25) is 0 Å². The Kier molecular flexibility index (Phi) is 9.48. The fraction of sp³-hybridized carbons (Fsp3) is 0.417. The van der Waals surface area contributed by atoms with E-state index in [9.17, 15) is 32.5 Å². The van der Waals surface area contributed by atoms with Crippen LogP contribution >= 0.6 is 11.3 Å². The largest absolute Gasteiger partial charge is 0.489 e. The number of ether oxygens (including phenoxy) is 1.